The van der Waals surface area contributed by atoms with Gasteiger partial charge in [-0.25, -0.2) is 4.79 Å². The van der Waals surface area contributed by atoms with Crippen molar-refractivity contribution >= 4 is 28.7 Å². The van der Waals surface area contributed by atoms with Crippen LogP contribution in [0.25, 0.3) is 11.2 Å². The zero-order chi connectivity index (χ0) is 18.5. The van der Waals surface area contributed by atoms with E-state index in [2.05, 4.69) is 15.0 Å². The highest BCUT2D eigenvalue weighted by Crippen LogP contribution is 2.20. The third kappa shape index (κ3) is 3.79. The minimum Gasteiger partial charge on any atom is -0.461 e. The van der Waals surface area contributed by atoms with Crippen LogP contribution in [0.5, 0.6) is 6.01 Å². The molecule has 10 heteroatoms. The van der Waals surface area contributed by atoms with Crippen molar-refractivity contribution in [2.24, 2.45) is 0 Å². The van der Waals surface area contributed by atoms with Crippen LogP contribution < -0.4 is 16.2 Å². The maximum absolute atomic E-state index is 12.3. The summed E-state index contributed by atoms with van der Waals surface area (Å²) in [5, 5.41) is 10.7. The molecule has 3 N–H and O–H groups in total. The number of ether oxygens (including phenoxy) is 2. The summed E-state index contributed by atoms with van der Waals surface area (Å²) in [7, 11) is 1.56. The predicted molar refractivity (Wildman–Crippen MR) is 96.9 cm³/mol. The van der Waals surface area contributed by atoms with Gasteiger partial charge in [0.15, 0.2) is 11.5 Å². The lowest BCUT2D eigenvalue weighted by Gasteiger charge is -2.07. The van der Waals surface area contributed by atoms with Gasteiger partial charge in [-0.05, 0) is 29.5 Å². The van der Waals surface area contributed by atoms with Crippen LogP contribution in [0.1, 0.15) is 5.56 Å². The quantitative estimate of drug-likeness (QED) is 0.361. The number of rotatable bonds is 7. The summed E-state index contributed by atoms with van der Waals surface area (Å²) < 4.78 is 11.8. The topological polar surface area (TPSA) is 132 Å². The zero-order valence-electron chi connectivity index (χ0n) is 13.9. The second-order valence-corrected chi connectivity index (χ2v) is 6.14. The summed E-state index contributed by atoms with van der Waals surface area (Å²) >= 11 is 1.08. The predicted octanol–water partition coefficient (Wildman–Crippen LogP) is 1.35. The van der Waals surface area contributed by atoms with Gasteiger partial charge in [-0.3, -0.25) is 4.57 Å². The normalized spacial score (nSPS) is 10.8. The number of nitrogens with two attached hydrogens (primary N) is 1. The SMILES string of the molecule is COCCOc1nc(N)c2[nH]c(=O)n(Cc3ccc(SC#N)cc3)c2n1. The number of thioether (sulfide) groups is 1. The third-order valence-electron chi connectivity index (χ3n) is 3.58. The molecule has 0 atom stereocenters. The van der Waals surface area contributed by atoms with Gasteiger partial charge in [-0.2, -0.15) is 15.2 Å². The number of hydrogen-bond acceptors (Lipinski definition) is 8. The Morgan fingerprint density at radius 1 is 1.31 bits per heavy atom. The number of nitrogens with zero attached hydrogens (tertiary/aromatic N) is 4. The van der Waals surface area contributed by atoms with Crippen molar-refractivity contribution in [3.8, 4) is 11.4 Å². The molecule has 26 heavy (non-hydrogen) atoms. The fraction of sp³-hybridized carbons (Fsp3) is 0.250. The Kier molecular flexibility index (Phi) is 5.40. The Hall–Kier alpha value is -3.03. The van der Waals surface area contributed by atoms with Gasteiger partial charge in [0.25, 0.3) is 0 Å². The summed E-state index contributed by atoms with van der Waals surface area (Å²) in [5.74, 6) is 0.138. The molecule has 0 spiro atoms. The Bertz CT molecular complexity index is 1010. The van der Waals surface area contributed by atoms with E-state index in [1.165, 1.54) is 4.57 Å². The molecular weight excluding hydrogens is 356 g/mol. The van der Waals surface area contributed by atoms with E-state index in [1.807, 2.05) is 29.7 Å². The van der Waals surface area contributed by atoms with Crippen LogP contribution in [0, 0.1) is 10.7 Å². The highest BCUT2D eigenvalue weighted by Gasteiger charge is 2.15. The van der Waals surface area contributed by atoms with Crippen molar-refractivity contribution in [3.63, 3.8) is 0 Å². The molecule has 0 amide bonds. The number of hydrogen-bond donors (Lipinski definition) is 2. The lowest BCUT2D eigenvalue weighted by Crippen LogP contribution is -2.18. The van der Waals surface area contributed by atoms with Crippen molar-refractivity contribution in [2.75, 3.05) is 26.1 Å². The van der Waals surface area contributed by atoms with Crippen molar-refractivity contribution in [3.05, 3.63) is 40.3 Å². The Balaban J connectivity index is 1.93. The minimum absolute atomic E-state index is 0.0839. The zero-order valence-corrected chi connectivity index (χ0v) is 14.7. The maximum Gasteiger partial charge on any atom is 0.328 e. The average Bonchev–Trinajstić information content (AvgIpc) is 2.94. The smallest absolute Gasteiger partial charge is 0.328 e. The molecule has 3 rings (SSSR count). The molecule has 134 valence electrons. The van der Waals surface area contributed by atoms with Crippen molar-refractivity contribution in [1.29, 1.82) is 5.26 Å². The van der Waals surface area contributed by atoms with Crippen LogP contribution in [-0.2, 0) is 11.3 Å². The molecule has 0 aliphatic rings. The molecule has 2 aromatic heterocycles. The van der Waals surface area contributed by atoms with Gasteiger partial charge in [0.1, 0.15) is 17.5 Å². The number of thiocyanates is 1. The number of aromatic amines is 1. The van der Waals surface area contributed by atoms with Crippen LogP contribution in [0.4, 0.5) is 5.82 Å². The number of fused-ring (bicyclic) bond motifs is 1. The number of nitrogens with one attached hydrogen (secondary N) is 1. The number of H-pyrrole nitrogens is 1. The lowest BCUT2D eigenvalue weighted by atomic mass is 10.2. The van der Waals surface area contributed by atoms with Gasteiger partial charge in [-0.15, -0.1) is 0 Å². The fourth-order valence-corrected chi connectivity index (χ4v) is 2.73. The van der Waals surface area contributed by atoms with Crippen LogP contribution in [0.2, 0.25) is 0 Å². The maximum atomic E-state index is 12.3. The van der Waals surface area contributed by atoms with Gasteiger partial charge in [0.2, 0.25) is 0 Å². The summed E-state index contributed by atoms with van der Waals surface area (Å²) in [6.07, 6.45) is 0. The molecule has 0 radical (unpaired) electrons. The molecule has 0 saturated carbocycles. The summed E-state index contributed by atoms with van der Waals surface area (Å²) in [6.45, 7) is 0.951. The van der Waals surface area contributed by atoms with E-state index in [9.17, 15) is 4.79 Å². The van der Waals surface area contributed by atoms with E-state index in [0.717, 1.165) is 22.2 Å². The first-order chi connectivity index (χ1) is 12.6. The van der Waals surface area contributed by atoms with Crippen molar-refractivity contribution in [1.82, 2.24) is 19.5 Å². The van der Waals surface area contributed by atoms with E-state index < -0.39 is 0 Å². The summed E-state index contributed by atoms with van der Waals surface area (Å²) in [4.78, 5) is 24.1. The van der Waals surface area contributed by atoms with Crippen LogP contribution in [0.15, 0.2) is 34.0 Å². The number of anilines is 1. The molecule has 0 unspecified atom stereocenters. The molecule has 2 heterocycles. The van der Waals surface area contributed by atoms with Crippen molar-refractivity contribution < 1.29 is 9.47 Å². The number of methoxy groups -OCH3 is 1. The van der Waals surface area contributed by atoms with Gasteiger partial charge >= 0.3 is 11.7 Å². The second kappa shape index (κ2) is 7.90. The Labute approximate surface area is 152 Å². The molecule has 0 saturated heterocycles. The van der Waals surface area contributed by atoms with E-state index in [1.54, 1.807) is 7.11 Å². The van der Waals surface area contributed by atoms with Crippen LogP contribution >= 0.6 is 11.8 Å². The van der Waals surface area contributed by atoms with Gasteiger partial charge < -0.3 is 20.2 Å². The largest absolute Gasteiger partial charge is 0.461 e. The van der Waals surface area contributed by atoms with Crippen LogP contribution in [-0.4, -0.2) is 39.8 Å². The monoisotopic (exact) mass is 372 g/mol. The van der Waals surface area contributed by atoms with E-state index in [4.69, 9.17) is 20.5 Å². The van der Waals surface area contributed by atoms with E-state index in [-0.39, 0.29) is 24.1 Å². The molecule has 0 aliphatic heterocycles. The number of benzene rings is 1. The van der Waals surface area contributed by atoms with E-state index in [0.29, 0.717) is 24.3 Å². The first-order valence-electron chi connectivity index (χ1n) is 7.65. The molecule has 0 fully saturated rings. The summed E-state index contributed by atoms with van der Waals surface area (Å²) in [6, 6.07) is 7.44. The molecule has 9 nitrogen and oxygen atoms in total. The Morgan fingerprint density at radius 3 is 2.77 bits per heavy atom. The van der Waals surface area contributed by atoms with Gasteiger partial charge in [0, 0.05) is 12.0 Å². The minimum atomic E-state index is -0.342. The third-order valence-corrected chi connectivity index (χ3v) is 4.18. The lowest BCUT2D eigenvalue weighted by molar-refractivity contribution is 0.141. The number of aromatic nitrogens is 4. The van der Waals surface area contributed by atoms with Gasteiger partial charge in [0.05, 0.1) is 13.2 Å². The summed E-state index contributed by atoms with van der Waals surface area (Å²) in [5.41, 5.74) is 7.18. The molecule has 3 aromatic rings. The van der Waals surface area contributed by atoms with Crippen LogP contribution in [0.3, 0.4) is 0 Å². The number of nitriles is 1. The van der Waals surface area contributed by atoms with Crippen molar-refractivity contribution in [2.45, 2.75) is 11.4 Å². The average molecular weight is 372 g/mol. The second-order valence-electron chi connectivity index (χ2n) is 5.28. The molecule has 0 aliphatic carbocycles. The first kappa shape index (κ1) is 17.8. The number of imidazole rings is 1. The van der Waals surface area contributed by atoms with E-state index >= 15 is 0 Å². The highest BCUT2D eigenvalue weighted by atomic mass is 32.2. The first-order valence-corrected chi connectivity index (χ1v) is 8.46. The number of nitrogen functional groups attached to an aromatic ring is 1. The van der Waals surface area contributed by atoms with Gasteiger partial charge in [-0.1, -0.05) is 12.1 Å². The highest BCUT2D eigenvalue weighted by molar-refractivity contribution is 8.03. The Morgan fingerprint density at radius 2 is 2.08 bits per heavy atom. The molecule has 1 aromatic carbocycles. The molecular formula is C16H16N6O3S. The molecule has 0 bridgehead atoms. The standard InChI is InChI=1S/C16H16N6O3S/c1-24-6-7-25-15-20-13(18)12-14(21-15)22(16(23)19-12)8-10-2-4-11(5-3-10)26-9-17/h2-5H,6-8H2,1H3,(H,19,23)(H2,18,20,21). The fourth-order valence-electron chi connectivity index (χ4n) is 2.36.